The van der Waals surface area contributed by atoms with Gasteiger partial charge >= 0.3 is 0 Å². The summed E-state index contributed by atoms with van der Waals surface area (Å²) in [6.07, 6.45) is 2.80. The van der Waals surface area contributed by atoms with E-state index in [2.05, 4.69) is 11.0 Å². The lowest BCUT2D eigenvalue weighted by Gasteiger charge is -2.29. The SMILES string of the molecule is CC(O)CC1CCCN1c1ccccc1C(N)=S. The summed E-state index contributed by atoms with van der Waals surface area (Å²) in [5.41, 5.74) is 7.82. The molecule has 1 saturated heterocycles. The van der Waals surface area contributed by atoms with Gasteiger partial charge < -0.3 is 15.7 Å². The van der Waals surface area contributed by atoms with Gasteiger partial charge in [0.15, 0.2) is 0 Å². The van der Waals surface area contributed by atoms with Crippen LogP contribution in [0, 0.1) is 0 Å². The van der Waals surface area contributed by atoms with Crippen molar-refractivity contribution in [1.82, 2.24) is 0 Å². The van der Waals surface area contributed by atoms with Crippen molar-refractivity contribution in [3.63, 3.8) is 0 Å². The number of para-hydroxylation sites is 1. The van der Waals surface area contributed by atoms with Crippen molar-refractivity contribution in [3.8, 4) is 0 Å². The molecule has 0 amide bonds. The lowest BCUT2D eigenvalue weighted by Crippen LogP contribution is -2.33. The summed E-state index contributed by atoms with van der Waals surface area (Å²) >= 11 is 5.11. The average molecular weight is 264 g/mol. The number of aliphatic hydroxyl groups is 1. The molecule has 1 aliphatic rings. The first-order valence-electron chi connectivity index (χ1n) is 6.43. The van der Waals surface area contributed by atoms with Crippen LogP contribution in [0.25, 0.3) is 0 Å². The van der Waals surface area contributed by atoms with Crippen LogP contribution in [0.4, 0.5) is 5.69 Å². The van der Waals surface area contributed by atoms with Gasteiger partial charge in [-0.2, -0.15) is 0 Å². The van der Waals surface area contributed by atoms with Gasteiger partial charge in [0, 0.05) is 23.8 Å². The van der Waals surface area contributed by atoms with E-state index in [1.165, 1.54) is 0 Å². The first-order valence-corrected chi connectivity index (χ1v) is 6.84. The maximum absolute atomic E-state index is 9.58. The highest BCUT2D eigenvalue weighted by molar-refractivity contribution is 7.80. The van der Waals surface area contributed by atoms with E-state index < -0.39 is 0 Å². The molecular weight excluding hydrogens is 244 g/mol. The number of thiocarbonyl (C=S) groups is 1. The minimum absolute atomic E-state index is 0.271. The van der Waals surface area contributed by atoms with Crippen LogP contribution in [-0.2, 0) is 0 Å². The van der Waals surface area contributed by atoms with Gasteiger partial charge in [-0.25, -0.2) is 0 Å². The summed E-state index contributed by atoms with van der Waals surface area (Å²) in [5, 5.41) is 9.58. The van der Waals surface area contributed by atoms with Crippen molar-refractivity contribution in [2.24, 2.45) is 5.73 Å². The van der Waals surface area contributed by atoms with Crippen molar-refractivity contribution >= 4 is 22.9 Å². The molecule has 2 unspecified atom stereocenters. The van der Waals surface area contributed by atoms with Crippen LogP contribution in [0.3, 0.4) is 0 Å². The zero-order valence-electron chi connectivity index (χ0n) is 10.7. The van der Waals surface area contributed by atoms with Gasteiger partial charge in [0.1, 0.15) is 4.99 Å². The molecule has 18 heavy (non-hydrogen) atoms. The molecule has 0 radical (unpaired) electrons. The molecule has 1 aromatic carbocycles. The van der Waals surface area contributed by atoms with Crippen LogP contribution >= 0.6 is 12.2 Å². The van der Waals surface area contributed by atoms with E-state index in [-0.39, 0.29) is 6.10 Å². The fourth-order valence-electron chi connectivity index (χ4n) is 2.72. The molecule has 0 aromatic heterocycles. The van der Waals surface area contributed by atoms with Gasteiger partial charge in [-0.15, -0.1) is 0 Å². The fraction of sp³-hybridized carbons (Fsp3) is 0.500. The van der Waals surface area contributed by atoms with Crippen LogP contribution in [0.5, 0.6) is 0 Å². The summed E-state index contributed by atoms with van der Waals surface area (Å²) in [4.78, 5) is 2.77. The normalized spacial score (nSPS) is 21.0. The Bertz CT molecular complexity index is 434. The lowest BCUT2D eigenvalue weighted by atomic mass is 10.1. The standard InChI is InChI=1S/C14H20N2OS/c1-10(17)9-11-5-4-8-16(11)13-7-3-2-6-12(13)14(15)18/h2-3,6-7,10-11,17H,4-5,8-9H2,1H3,(H2,15,18). The van der Waals surface area contributed by atoms with Crippen LogP contribution in [0.15, 0.2) is 24.3 Å². The minimum Gasteiger partial charge on any atom is -0.393 e. The van der Waals surface area contributed by atoms with Crippen LogP contribution in [0.1, 0.15) is 31.7 Å². The molecule has 4 heteroatoms. The number of aliphatic hydroxyl groups excluding tert-OH is 1. The number of anilines is 1. The van der Waals surface area contributed by atoms with Gasteiger partial charge in [-0.05, 0) is 38.3 Å². The van der Waals surface area contributed by atoms with Crippen molar-refractivity contribution in [2.45, 2.75) is 38.3 Å². The molecule has 2 rings (SSSR count). The van der Waals surface area contributed by atoms with E-state index in [1.54, 1.807) is 0 Å². The van der Waals surface area contributed by atoms with E-state index in [9.17, 15) is 5.11 Å². The monoisotopic (exact) mass is 264 g/mol. The van der Waals surface area contributed by atoms with E-state index >= 15 is 0 Å². The minimum atomic E-state index is -0.271. The number of hydrogen-bond acceptors (Lipinski definition) is 3. The molecular formula is C14H20N2OS. The molecule has 98 valence electrons. The first kappa shape index (κ1) is 13.3. The molecule has 0 aliphatic carbocycles. The molecule has 0 spiro atoms. The van der Waals surface area contributed by atoms with E-state index in [0.717, 1.165) is 37.1 Å². The highest BCUT2D eigenvalue weighted by atomic mass is 32.1. The fourth-order valence-corrected chi connectivity index (χ4v) is 2.90. The Hall–Kier alpha value is -1.13. The predicted octanol–water partition coefficient (Wildman–Crippen LogP) is 2.06. The largest absolute Gasteiger partial charge is 0.393 e. The average Bonchev–Trinajstić information content (AvgIpc) is 2.76. The predicted molar refractivity (Wildman–Crippen MR) is 79.0 cm³/mol. The summed E-state index contributed by atoms with van der Waals surface area (Å²) in [7, 11) is 0. The Labute approximate surface area is 114 Å². The Balaban J connectivity index is 2.27. The van der Waals surface area contributed by atoms with E-state index in [1.807, 2.05) is 25.1 Å². The molecule has 1 fully saturated rings. The highest BCUT2D eigenvalue weighted by Crippen LogP contribution is 2.30. The second-order valence-electron chi connectivity index (χ2n) is 4.96. The molecule has 3 N–H and O–H groups in total. The topological polar surface area (TPSA) is 49.5 Å². The Morgan fingerprint density at radius 2 is 2.28 bits per heavy atom. The molecule has 0 saturated carbocycles. The quantitative estimate of drug-likeness (QED) is 0.817. The van der Waals surface area contributed by atoms with Crippen molar-refractivity contribution in [3.05, 3.63) is 29.8 Å². The lowest BCUT2D eigenvalue weighted by molar-refractivity contribution is 0.175. The second-order valence-corrected chi connectivity index (χ2v) is 5.40. The van der Waals surface area contributed by atoms with Gasteiger partial charge in [0.25, 0.3) is 0 Å². The summed E-state index contributed by atoms with van der Waals surface area (Å²) in [6, 6.07) is 8.39. The summed E-state index contributed by atoms with van der Waals surface area (Å²) < 4.78 is 0. The third-order valence-electron chi connectivity index (χ3n) is 3.47. The van der Waals surface area contributed by atoms with Gasteiger partial charge in [-0.3, -0.25) is 0 Å². The Kier molecular flexibility index (Phi) is 4.19. The van der Waals surface area contributed by atoms with Gasteiger partial charge in [0.05, 0.1) is 6.10 Å². The molecule has 3 nitrogen and oxygen atoms in total. The van der Waals surface area contributed by atoms with Crippen molar-refractivity contribution < 1.29 is 5.11 Å². The van der Waals surface area contributed by atoms with Crippen molar-refractivity contribution in [1.29, 1.82) is 0 Å². The molecule has 1 aliphatic heterocycles. The molecule has 1 heterocycles. The number of nitrogens with two attached hydrogens (primary N) is 1. The van der Waals surface area contributed by atoms with Crippen LogP contribution < -0.4 is 10.6 Å². The summed E-state index contributed by atoms with van der Waals surface area (Å²) in [6.45, 7) is 2.85. The summed E-state index contributed by atoms with van der Waals surface area (Å²) in [5.74, 6) is 0. The zero-order chi connectivity index (χ0) is 13.1. The third-order valence-corrected chi connectivity index (χ3v) is 3.69. The smallest absolute Gasteiger partial charge is 0.106 e. The molecule has 1 aromatic rings. The van der Waals surface area contributed by atoms with Gasteiger partial charge in [-0.1, -0.05) is 24.4 Å². The van der Waals surface area contributed by atoms with Gasteiger partial charge in [0.2, 0.25) is 0 Å². The molecule has 0 bridgehead atoms. The Morgan fingerprint density at radius 1 is 1.56 bits per heavy atom. The maximum atomic E-state index is 9.58. The zero-order valence-corrected chi connectivity index (χ0v) is 11.5. The number of nitrogens with zero attached hydrogens (tertiary/aromatic N) is 1. The maximum Gasteiger partial charge on any atom is 0.106 e. The van der Waals surface area contributed by atoms with Crippen LogP contribution in [-0.4, -0.2) is 28.8 Å². The Morgan fingerprint density at radius 3 is 2.94 bits per heavy atom. The second kappa shape index (κ2) is 5.67. The number of rotatable bonds is 4. The highest BCUT2D eigenvalue weighted by Gasteiger charge is 2.27. The third kappa shape index (κ3) is 2.82. The number of benzene rings is 1. The van der Waals surface area contributed by atoms with E-state index in [0.29, 0.717) is 11.0 Å². The van der Waals surface area contributed by atoms with Crippen LogP contribution in [0.2, 0.25) is 0 Å². The van der Waals surface area contributed by atoms with E-state index in [4.69, 9.17) is 18.0 Å². The van der Waals surface area contributed by atoms with Crippen molar-refractivity contribution in [2.75, 3.05) is 11.4 Å². The molecule has 2 atom stereocenters. The first-order chi connectivity index (χ1) is 8.59. The number of hydrogen-bond donors (Lipinski definition) is 2.